The molecule has 2 amide bonds. The lowest BCUT2D eigenvalue weighted by atomic mass is 9.98. The van der Waals surface area contributed by atoms with Gasteiger partial charge in [0.2, 0.25) is 5.91 Å². The predicted molar refractivity (Wildman–Crippen MR) is 130 cm³/mol. The minimum Gasteiger partial charge on any atom is -0.494 e. The highest BCUT2D eigenvalue weighted by Crippen LogP contribution is 2.40. The molecule has 11 nitrogen and oxygen atoms in total. The Balaban J connectivity index is 1.69. The summed E-state index contributed by atoms with van der Waals surface area (Å²) < 4.78 is 45.1. The number of rotatable bonds is 8. The van der Waals surface area contributed by atoms with Crippen molar-refractivity contribution in [3.63, 3.8) is 0 Å². The largest absolute Gasteiger partial charge is 0.494 e. The van der Waals surface area contributed by atoms with Gasteiger partial charge in [0.15, 0.2) is 28.7 Å². The first-order valence-electron chi connectivity index (χ1n) is 11.4. The van der Waals surface area contributed by atoms with Gasteiger partial charge in [0.05, 0.1) is 24.0 Å². The van der Waals surface area contributed by atoms with E-state index in [9.17, 15) is 27.9 Å². The topological polar surface area (TPSA) is 151 Å². The molecule has 1 atom stereocenters. The molecule has 0 spiro atoms. The van der Waals surface area contributed by atoms with E-state index >= 15 is 0 Å². The van der Waals surface area contributed by atoms with Gasteiger partial charge in [0.1, 0.15) is 0 Å². The number of para-hydroxylation sites is 1. The van der Waals surface area contributed by atoms with E-state index in [1.165, 1.54) is 20.2 Å². The maximum absolute atomic E-state index is 13.2. The molecule has 1 aliphatic rings. The number of hydrogen-bond acceptors (Lipinski definition) is 9. The maximum atomic E-state index is 13.2. The molecule has 1 saturated carbocycles. The molecule has 0 saturated heterocycles. The number of halogens is 3. The molecular weight excluding hydrogens is 507 g/mol. The highest BCUT2D eigenvalue weighted by atomic mass is 19.4. The van der Waals surface area contributed by atoms with Crippen LogP contribution in [0.1, 0.15) is 35.8 Å². The summed E-state index contributed by atoms with van der Waals surface area (Å²) in [6.45, 7) is 0.616. The zero-order valence-corrected chi connectivity index (χ0v) is 20.6. The van der Waals surface area contributed by atoms with E-state index in [-0.39, 0.29) is 40.6 Å². The van der Waals surface area contributed by atoms with E-state index < -0.39 is 23.2 Å². The Morgan fingerprint density at radius 1 is 1.11 bits per heavy atom. The molecule has 1 unspecified atom stereocenters. The number of benzene rings is 1. The van der Waals surface area contributed by atoms with Crippen molar-refractivity contribution in [1.82, 2.24) is 25.5 Å². The molecule has 200 valence electrons. The molecule has 14 heteroatoms. The molecule has 0 radical (unpaired) electrons. The SMILES string of the molecule is CNC(=O)c1nnc(NC(=O)C2CC2)cc1Nc1cccc(-c2ncc(C(C)(O)C(F)(F)F)cn2)c1OC. The second-order valence-corrected chi connectivity index (χ2v) is 8.71. The molecule has 1 aliphatic carbocycles. The van der Waals surface area contributed by atoms with Crippen LogP contribution < -0.4 is 20.7 Å². The van der Waals surface area contributed by atoms with Crippen molar-refractivity contribution in [2.45, 2.75) is 31.5 Å². The lowest BCUT2D eigenvalue weighted by Gasteiger charge is -2.26. The highest BCUT2D eigenvalue weighted by molar-refractivity contribution is 6.00. The third kappa shape index (κ3) is 5.34. The van der Waals surface area contributed by atoms with Crippen LogP contribution in [0.5, 0.6) is 5.75 Å². The molecule has 4 rings (SSSR count). The van der Waals surface area contributed by atoms with E-state index in [1.54, 1.807) is 18.2 Å². The van der Waals surface area contributed by atoms with Crippen molar-refractivity contribution in [3.8, 4) is 17.1 Å². The summed E-state index contributed by atoms with van der Waals surface area (Å²) in [4.78, 5) is 32.6. The highest BCUT2D eigenvalue weighted by Gasteiger charge is 2.51. The number of nitrogens with zero attached hydrogens (tertiary/aromatic N) is 4. The third-order valence-corrected chi connectivity index (χ3v) is 5.93. The van der Waals surface area contributed by atoms with Gasteiger partial charge in [0, 0.05) is 37.0 Å². The molecule has 2 aromatic heterocycles. The predicted octanol–water partition coefficient (Wildman–Crippen LogP) is 3.16. The van der Waals surface area contributed by atoms with Crippen LogP contribution in [0.25, 0.3) is 11.4 Å². The summed E-state index contributed by atoms with van der Waals surface area (Å²) in [7, 11) is 2.80. The van der Waals surface area contributed by atoms with Crippen molar-refractivity contribution < 1.29 is 32.6 Å². The monoisotopic (exact) mass is 531 g/mol. The molecule has 1 fully saturated rings. The lowest BCUT2D eigenvalue weighted by Crippen LogP contribution is -2.39. The van der Waals surface area contributed by atoms with Gasteiger partial charge in [-0.15, -0.1) is 10.2 Å². The molecule has 38 heavy (non-hydrogen) atoms. The van der Waals surface area contributed by atoms with Gasteiger partial charge in [-0.1, -0.05) is 6.07 Å². The summed E-state index contributed by atoms with van der Waals surface area (Å²) in [5.41, 5.74) is -2.84. The minimum atomic E-state index is -4.92. The zero-order valence-electron chi connectivity index (χ0n) is 20.6. The quantitative estimate of drug-likeness (QED) is 0.344. The van der Waals surface area contributed by atoms with Crippen molar-refractivity contribution in [2.75, 3.05) is 24.8 Å². The maximum Gasteiger partial charge on any atom is 0.421 e. The van der Waals surface area contributed by atoms with Gasteiger partial charge in [-0.3, -0.25) is 9.59 Å². The van der Waals surface area contributed by atoms with E-state index in [0.717, 1.165) is 25.2 Å². The average molecular weight is 531 g/mol. The van der Waals surface area contributed by atoms with Crippen molar-refractivity contribution in [3.05, 3.63) is 47.9 Å². The van der Waals surface area contributed by atoms with Crippen LogP contribution in [0.3, 0.4) is 0 Å². The second kappa shape index (κ2) is 10.2. The van der Waals surface area contributed by atoms with Crippen LogP contribution in [0.4, 0.5) is 30.4 Å². The molecular formula is C24H24F3N7O4. The normalized spacial score (nSPS) is 14.8. The fourth-order valence-electron chi connectivity index (χ4n) is 3.47. The Hall–Kier alpha value is -4.33. The standard InChI is InChI=1S/C24H24F3N7O4/c1-23(37,24(25,26)27)13-10-29-20(30-11-13)14-5-4-6-15(19(14)38-3)31-16-9-17(32-21(35)12-7-8-12)33-34-18(16)22(36)28-2/h4-6,9-12,37H,7-8H2,1-3H3,(H,28,36)(H2,31,32,33,35). The van der Waals surface area contributed by atoms with E-state index in [2.05, 4.69) is 36.1 Å². The van der Waals surface area contributed by atoms with Gasteiger partial charge < -0.3 is 25.8 Å². The third-order valence-electron chi connectivity index (χ3n) is 5.93. The second-order valence-electron chi connectivity index (χ2n) is 8.71. The van der Waals surface area contributed by atoms with E-state index in [0.29, 0.717) is 18.2 Å². The van der Waals surface area contributed by atoms with E-state index in [4.69, 9.17) is 4.74 Å². The molecule has 4 N–H and O–H groups in total. The van der Waals surface area contributed by atoms with Crippen LogP contribution in [0.2, 0.25) is 0 Å². The fourth-order valence-corrected chi connectivity index (χ4v) is 3.47. The Morgan fingerprint density at radius 2 is 1.79 bits per heavy atom. The van der Waals surface area contributed by atoms with Crippen molar-refractivity contribution in [1.29, 1.82) is 0 Å². The van der Waals surface area contributed by atoms with Crippen LogP contribution in [-0.2, 0) is 10.4 Å². The summed E-state index contributed by atoms with van der Waals surface area (Å²) in [6.07, 6.45) is -1.55. The first kappa shape index (κ1) is 26.7. The molecule has 3 aromatic rings. The summed E-state index contributed by atoms with van der Waals surface area (Å²) in [5.74, 6) is -0.416. The van der Waals surface area contributed by atoms with Gasteiger partial charge in [-0.25, -0.2) is 9.97 Å². The van der Waals surface area contributed by atoms with Crippen LogP contribution >= 0.6 is 0 Å². The number of aliphatic hydroxyl groups is 1. The number of aromatic nitrogens is 4. The number of amides is 2. The Morgan fingerprint density at radius 3 is 2.37 bits per heavy atom. The number of alkyl halides is 3. The first-order chi connectivity index (χ1) is 18.0. The number of anilines is 3. The molecule has 0 bridgehead atoms. The molecule has 1 aromatic carbocycles. The van der Waals surface area contributed by atoms with Crippen LogP contribution in [0.15, 0.2) is 36.7 Å². The lowest BCUT2D eigenvalue weighted by molar-refractivity contribution is -0.259. The number of carbonyl (C=O) groups is 2. The summed E-state index contributed by atoms with van der Waals surface area (Å²) in [6, 6.07) is 6.29. The van der Waals surface area contributed by atoms with Gasteiger partial charge in [-0.05, 0) is 31.9 Å². The Labute approximate surface area is 214 Å². The van der Waals surface area contributed by atoms with E-state index in [1.807, 2.05) is 0 Å². The Bertz CT molecular complexity index is 1360. The van der Waals surface area contributed by atoms with Crippen LogP contribution in [-0.4, -0.2) is 57.4 Å². The smallest absolute Gasteiger partial charge is 0.421 e. The number of ether oxygens (including phenoxy) is 1. The summed E-state index contributed by atoms with van der Waals surface area (Å²) >= 11 is 0. The summed E-state index contributed by atoms with van der Waals surface area (Å²) in [5, 5.41) is 25.9. The van der Waals surface area contributed by atoms with Gasteiger partial charge in [0.25, 0.3) is 5.91 Å². The fraction of sp³-hybridized carbons (Fsp3) is 0.333. The van der Waals surface area contributed by atoms with Crippen LogP contribution in [0, 0.1) is 5.92 Å². The number of carbonyl (C=O) groups excluding carboxylic acids is 2. The number of hydrogen-bond donors (Lipinski definition) is 4. The molecule has 0 aliphatic heterocycles. The van der Waals surface area contributed by atoms with Crippen molar-refractivity contribution >= 4 is 29.0 Å². The van der Waals surface area contributed by atoms with Gasteiger partial charge >= 0.3 is 6.18 Å². The number of methoxy groups -OCH3 is 1. The first-order valence-corrected chi connectivity index (χ1v) is 11.4. The average Bonchev–Trinajstić information content (AvgIpc) is 3.73. The van der Waals surface area contributed by atoms with Crippen molar-refractivity contribution in [2.24, 2.45) is 5.92 Å². The Kier molecular flexibility index (Phi) is 7.18. The van der Waals surface area contributed by atoms with Gasteiger partial charge in [-0.2, -0.15) is 13.2 Å². The number of nitrogens with one attached hydrogen (secondary N) is 3. The zero-order chi connectivity index (χ0) is 27.7. The molecule has 2 heterocycles. The minimum absolute atomic E-state index is 0.0315.